The highest BCUT2D eigenvalue weighted by atomic mass is 19.3. The lowest BCUT2D eigenvalue weighted by Crippen LogP contribution is -2.33. The van der Waals surface area contributed by atoms with E-state index in [-0.39, 0.29) is 6.61 Å². The topological polar surface area (TPSA) is 84.9 Å². The third kappa shape index (κ3) is 5.16. The molecule has 0 saturated carbocycles. The summed E-state index contributed by atoms with van der Waals surface area (Å²) >= 11 is 0. The van der Waals surface area contributed by atoms with Gasteiger partial charge in [0.05, 0.1) is 11.3 Å². The Morgan fingerprint density at radius 1 is 1.39 bits per heavy atom. The number of anilines is 1. The summed E-state index contributed by atoms with van der Waals surface area (Å²) in [6.45, 7) is 3.06. The van der Waals surface area contributed by atoms with E-state index < -0.39 is 41.6 Å². The summed E-state index contributed by atoms with van der Waals surface area (Å²) in [5, 5.41) is 10.8. The maximum atomic E-state index is 13.0. The zero-order valence-corrected chi connectivity index (χ0v) is 11.4. The summed E-state index contributed by atoms with van der Waals surface area (Å²) in [5.41, 5.74) is -0.962. The molecule has 0 heterocycles. The van der Waals surface area contributed by atoms with Gasteiger partial charge in [0.1, 0.15) is 12.4 Å². The quantitative estimate of drug-likeness (QED) is 0.589. The van der Waals surface area contributed by atoms with Crippen molar-refractivity contribution in [2.24, 2.45) is 0 Å². The Labute approximate surface area is 127 Å². The van der Waals surface area contributed by atoms with E-state index >= 15 is 0 Å². The number of amides is 1. The lowest BCUT2D eigenvalue weighted by atomic mass is 10.2. The average Bonchev–Trinajstić information content (AvgIpc) is 2.46. The fraction of sp³-hybridized carbons (Fsp3) is 0.231. The Kier molecular flexibility index (Phi) is 5.94. The molecule has 126 valence electrons. The van der Waals surface area contributed by atoms with Crippen LogP contribution in [0.2, 0.25) is 0 Å². The molecule has 10 heteroatoms. The predicted molar refractivity (Wildman–Crippen MR) is 70.1 cm³/mol. The highest BCUT2D eigenvalue weighted by Gasteiger charge is 2.44. The first kappa shape index (κ1) is 18.3. The van der Waals surface area contributed by atoms with Crippen LogP contribution in [-0.4, -0.2) is 36.3 Å². The number of rotatable bonds is 7. The number of aromatic carboxylic acids is 1. The number of ether oxygens (including phenoxy) is 2. The molecule has 23 heavy (non-hydrogen) atoms. The van der Waals surface area contributed by atoms with Crippen LogP contribution in [0.4, 0.5) is 28.0 Å². The van der Waals surface area contributed by atoms with E-state index in [1.807, 2.05) is 5.32 Å². The lowest BCUT2D eigenvalue weighted by Gasteiger charge is -2.19. The van der Waals surface area contributed by atoms with Crippen molar-refractivity contribution in [3.8, 4) is 5.75 Å². The van der Waals surface area contributed by atoms with E-state index in [4.69, 9.17) is 5.11 Å². The predicted octanol–water partition coefficient (Wildman–Crippen LogP) is 3.36. The lowest BCUT2D eigenvalue weighted by molar-refractivity contribution is -0.252. The number of nitrogens with one attached hydrogen (secondary N) is 1. The standard InChI is InChI=1S/C13H11F4NO5/c1-2-5-22-12(21)18-8-6-7(10(19)20)3-4-9(8)23-13(16,17)11(14)15/h2-4,6,11H,1,5H2,(H,18,21)(H,19,20). The van der Waals surface area contributed by atoms with Crippen molar-refractivity contribution >= 4 is 17.7 Å². The third-order valence-corrected chi connectivity index (χ3v) is 2.30. The molecule has 1 rings (SSSR count). The molecule has 0 aromatic heterocycles. The molecule has 6 nitrogen and oxygen atoms in total. The zero-order valence-electron chi connectivity index (χ0n) is 11.4. The van der Waals surface area contributed by atoms with Gasteiger partial charge in [-0.25, -0.2) is 9.59 Å². The molecule has 1 aromatic rings. The Hall–Kier alpha value is -2.78. The van der Waals surface area contributed by atoms with E-state index in [1.165, 1.54) is 6.08 Å². The van der Waals surface area contributed by atoms with Crippen LogP contribution >= 0.6 is 0 Å². The summed E-state index contributed by atoms with van der Waals surface area (Å²) in [7, 11) is 0. The summed E-state index contributed by atoms with van der Waals surface area (Å²) in [6.07, 6.45) is -8.87. The molecule has 0 saturated heterocycles. The second-order valence-electron chi connectivity index (χ2n) is 3.99. The molecule has 0 radical (unpaired) electrons. The fourth-order valence-electron chi connectivity index (χ4n) is 1.32. The fourth-order valence-corrected chi connectivity index (χ4v) is 1.32. The van der Waals surface area contributed by atoms with Crippen molar-refractivity contribution < 1.29 is 41.7 Å². The molecular formula is C13H11F4NO5. The van der Waals surface area contributed by atoms with Crippen LogP contribution in [0, 0.1) is 0 Å². The van der Waals surface area contributed by atoms with Crippen molar-refractivity contribution in [3.63, 3.8) is 0 Å². The van der Waals surface area contributed by atoms with Crippen LogP contribution in [0.15, 0.2) is 30.9 Å². The van der Waals surface area contributed by atoms with Gasteiger partial charge in [0.25, 0.3) is 0 Å². The van der Waals surface area contributed by atoms with Gasteiger partial charge in [-0.3, -0.25) is 5.32 Å². The molecule has 0 aliphatic heterocycles. The van der Waals surface area contributed by atoms with Crippen LogP contribution < -0.4 is 10.1 Å². The maximum Gasteiger partial charge on any atom is 0.461 e. The van der Waals surface area contributed by atoms with Gasteiger partial charge in [-0.05, 0) is 18.2 Å². The Morgan fingerprint density at radius 3 is 2.57 bits per heavy atom. The largest absolute Gasteiger partial charge is 0.478 e. The minimum absolute atomic E-state index is 0.214. The van der Waals surface area contributed by atoms with E-state index in [0.29, 0.717) is 6.07 Å². The van der Waals surface area contributed by atoms with E-state index in [9.17, 15) is 27.2 Å². The normalized spacial score (nSPS) is 11.0. The van der Waals surface area contributed by atoms with Crippen LogP contribution in [0.1, 0.15) is 10.4 Å². The number of hydrogen-bond donors (Lipinski definition) is 2. The molecule has 2 N–H and O–H groups in total. The summed E-state index contributed by atoms with van der Waals surface area (Å²) in [6, 6.07) is 2.32. The van der Waals surface area contributed by atoms with Crippen molar-refractivity contribution in [2.75, 3.05) is 11.9 Å². The molecule has 0 aliphatic carbocycles. The van der Waals surface area contributed by atoms with Gasteiger partial charge in [0, 0.05) is 0 Å². The number of alkyl halides is 4. The van der Waals surface area contributed by atoms with Crippen LogP contribution in [0.5, 0.6) is 5.75 Å². The second kappa shape index (κ2) is 7.47. The molecule has 0 fully saturated rings. The van der Waals surface area contributed by atoms with Crippen molar-refractivity contribution in [1.82, 2.24) is 0 Å². The minimum Gasteiger partial charge on any atom is -0.478 e. The van der Waals surface area contributed by atoms with Gasteiger partial charge in [0.15, 0.2) is 0 Å². The minimum atomic E-state index is -4.83. The van der Waals surface area contributed by atoms with E-state index in [2.05, 4.69) is 16.1 Å². The van der Waals surface area contributed by atoms with Gasteiger partial charge in [-0.15, -0.1) is 0 Å². The van der Waals surface area contributed by atoms with Gasteiger partial charge in [-0.2, -0.15) is 17.6 Å². The van der Waals surface area contributed by atoms with Crippen LogP contribution in [0.3, 0.4) is 0 Å². The first-order valence-corrected chi connectivity index (χ1v) is 5.94. The number of halogens is 4. The number of hydrogen-bond acceptors (Lipinski definition) is 4. The second-order valence-corrected chi connectivity index (χ2v) is 3.99. The SMILES string of the molecule is C=CCOC(=O)Nc1cc(C(=O)O)ccc1OC(F)(F)C(F)F. The first-order chi connectivity index (χ1) is 10.7. The summed E-state index contributed by atoms with van der Waals surface area (Å²) in [5.74, 6) is -2.28. The molecule has 0 aliphatic rings. The van der Waals surface area contributed by atoms with Gasteiger partial charge >= 0.3 is 24.6 Å². The zero-order chi connectivity index (χ0) is 17.6. The van der Waals surface area contributed by atoms with E-state index in [1.54, 1.807) is 0 Å². The maximum absolute atomic E-state index is 13.0. The first-order valence-electron chi connectivity index (χ1n) is 5.94. The molecule has 0 spiro atoms. The summed E-state index contributed by atoms with van der Waals surface area (Å²) < 4.78 is 58.7. The van der Waals surface area contributed by atoms with Crippen LogP contribution in [-0.2, 0) is 4.74 Å². The van der Waals surface area contributed by atoms with Gasteiger partial charge in [-0.1, -0.05) is 12.7 Å². The monoisotopic (exact) mass is 337 g/mol. The average molecular weight is 337 g/mol. The van der Waals surface area contributed by atoms with Gasteiger partial charge < -0.3 is 14.6 Å². The van der Waals surface area contributed by atoms with Crippen molar-refractivity contribution in [1.29, 1.82) is 0 Å². The van der Waals surface area contributed by atoms with Gasteiger partial charge in [0.2, 0.25) is 0 Å². The van der Waals surface area contributed by atoms with Crippen molar-refractivity contribution in [3.05, 3.63) is 36.4 Å². The number of carbonyl (C=O) groups excluding carboxylic acids is 1. The number of benzene rings is 1. The van der Waals surface area contributed by atoms with E-state index in [0.717, 1.165) is 12.1 Å². The molecule has 0 atom stereocenters. The molecular weight excluding hydrogens is 326 g/mol. The molecule has 0 unspecified atom stereocenters. The van der Waals surface area contributed by atoms with Crippen LogP contribution in [0.25, 0.3) is 0 Å². The number of carboxylic acids is 1. The Bertz CT molecular complexity index is 606. The smallest absolute Gasteiger partial charge is 0.461 e. The highest BCUT2D eigenvalue weighted by molar-refractivity contribution is 5.93. The molecule has 0 bridgehead atoms. The summed E-state index contributed by atoms with van der Waals surface area (Å²) in [4.78, 5) is 22.2. The highest BCUT2D eigenvalue weighted by Crippen LogP contribution is 2.33. The Morgan fingerprint density at radius 2 is 2.04 bits per heavy atom. The third-order valence-electron chi connectivity index (χ3n) is 2.30. The molecule has 1 aromatic carbocycles. The number of carboxylic acid groups (broad SMARTS) is 1. The number of carbonyl (C=O) groups is 2. The Balaban J connectivity index is 3.11. The molecule has 1 amide bonds. The van der Waals surface area contributed by atoms with Crippen molar-refractivity contribution in [2.45, 2.75) is 12.5 Å².